The van der Waals surface area contributed by atoms with Crippen LogP contribution >= 0.6 is 0 Å². The molecule has 0 bridgehead atoms. The number of hydrogen-bond donors (Lipinski definition) is 4. The molecule has 2 rings (SSSR count). The van der Waals surface area contributed by atoms with Crippen LogP contribution in [-0.2, 0) is 14.8 Å². The van der Waals surface area contributed by atoms with Crippen molar-refractivity contribution in [2.45, 2.75) is 30.2 Å². The fraction of sp³-hybridized carbons (Fsp3) is 0.294. The fourth-order valence-corrected chi connectivity index (χ4v) is 3.60. The van der Waals surface area contributed by atoms with Gasteiger partial charge in [-0.1, -0.05) is 18.6 Å². The molecule has 0 unspecified atom stereocenters. The van der Waals surface area contributed by atoms with Crippen LogP contribution in [0.15, 0.2) is 47.5 Å². The Morgan fingerprint density at radius 3 is 2.63 bits per heavy atom. The summed E-state index contributed by atoms with van der Waals surface area (Å²) in [6.45, 7) is 0.408. The zero-order valence-corrected chi connectivity index (χ0v) is 15.2. The predicted octanol–water partition coefficient (Wildman–Crippen LogP) is 1.17. The third-order valence-electron chi connectivity index (χ3n) is 3.84. The lowest BCUT2D eigenvalue weighted by Gasteiger charge is -2.16. The molecule has 0 saturated heterocycles. The van der Waals surface area contributed by atoms with Crippen LogP contribution in [-0.4, -0.2) is 37.1 Å². The molecule has 146 valence electrons. The van der Waals surface area contributed by atoms with E-state index in [0.717, 1.165) is 6.20 Å². The van der Waals surface area contributed by atoms with E-state index >= 15 is 0 Å². The van der Waals surface area contributed by atoms with Crippen molar-refractivity contribution in [1.82, 2.24) is 15.2 Å². The third kappa shape index (κ3) is 5.79. The normalized spacial score (nSPS) is 12.6. The molecule has 0 saturated carbocycles. The Kier molecular flexibility index (Phi) is 7.36. The first-order chi connectivity index (χ1) is 12.9. The first-order valence-corrected chi connectivity index (χ1v) is 9.74. The first-order valence-electron chi connectivity index (χ1n) is 8.25. The number of sulfonamides is 1. The highest BCUT2D eigenvalue weighted by Crippen LogP contribution is 2.19. The van der Waals surface area contributed by atoms with E-state index in [0.29, 0.717) is 30.6 Å². The molecule has 0 aliphatic heterocycles. The van der Waals surface area contributed by atoms with Crippen LogP contribution in [0.5, 0.6) is 0 Å². The molecule has 5 N–H and O–H groups in total. The van der Waals surface area contributed by atoms with Gasteiger partial charge in [-0.05, 0) is 43.7 Å². The lowest BCUT2D eigenvalue weighted by atomic mass is 10.1. The highest BCUT2D eigenvalue weighted by molar-refractivity contribution is 7.89. The SMILES string of the molecule is NCCCC[C@@H](NS(=O)(=O)c1ccc(-c2cccc(F)c2)nc1)C(=O)NO. The molecule has 27 heavy (non-hydrogen) atoms. The van der Waals surface area contributed by atoms with Crippen LogP contribution in [0.3, 0.4) is 0 Å². The number of nitrogens with one attached hydrogen (secondary N) is 2. The standard InChI is InChI=1S/C17H21FN4O4S/c18-13-5-3-4-12(10-13)15-8-7-14(11-20-15)27(25,26)22-16(17(23)21-24)6-1-2-9-19/h3-5,7-8,10-11,16,22,24H,1-2,6,9,19H2,(H,21,23)/t16-/m1/s1. The summed E-state index contributed by atoms with van der Waals surface area (Å²) in [6.07, 6.45) is 2.42. The molecule has 2 aromatic rings. The molecule has 10 heteroatoms. The summed E-state index contributed by atoms with van der Waals surface area (Å²) in [5, 5.41) is 8.81. The second kappa shape index (κ2) is 9.51. The van der Waals surface area contributed by atoms with Gasteiger partial charge in [0.15, 0.2) is 0 Å². The van der Waals surface area contributed by atoms with Gasteiger partial charge in [-0.15, -0.1) is 0 Å². The van der Waals surface area contributed by atoms with Gasteiger partial charge in [0.1, 0.15) is 16.8 Å². The van der Waals surface area contributed by atoms with Gasteiger partial charge in [-0.3, -0.25) is 15.0 Å². The summed E-state index contributed by atoms with van der Waals surface area (Å²) in [4.78, 5) is 15.6. The van der Waals surface area contributed by atoms with Crippen LogP contribution in [0.25, 0.3) is 11.3 Å². The van der Waals surface area contributed by atoms with Crippen LogP contribution in [0.1, 0.15) is 19.3 Å². The Hall–Kier alpha value is -2.40. The molecule has 1 atom stereocenters. The molecule has 0 fully saturated rings. The van der Waals surface area contributed by atoms with Crippen molar-refractivity contribution in [3.63, 3.8) is 0 Å². The topological polar surface area (TPSA) is 134 Å². The first kappa shape index (κ1) is 20.9. The summed E-state index contributed by atoms with van der Waals surface area (Å²) >= 11 is 0. The minimum atomic E-state index is -4.05. The summed E-state index contributed by atoms with van der Waals surface area (Å²) in [7, 11) is -4.05. The zero-order chi connectivity index (χ0) is 19.9. The molecule has 0 radical (unpaired) electrons. The zero-order valence-electron chi connectivity index (χ0n) is 14.4. The number of halogens is 1. The Morgan fingerprint density at radius 1 is 1.26 bits per heavy atom. The van der Waals surface area contributed by atoms with E-state index in [2.05, 4.69) is 9.71 Å². The molecule has 1 amide bonds. The summed E-state index contributed by atoms with van der Waals surface area (Å²) < 4.78 is 40.5. The lowest BCUT2D eigenvalue weighted by Crippen LogP contribution is -2.45. The monoisotopic (exact) mass is 396 g/mol. The van der Waals surface area contributed by atoms with Gasteiger partial charge in [0.2, 0.25) is 10.0 Å². The summed E-state index contributed by atoms with van der Waals surface area (Å²) in [5.74, 6) is -1.29. The van der Waals surface area contributed by atoms with Gasteiger partial charge < -0.3 is 5.73 Å². The third-order valence-corrected chi connectivity index (χ3v) is 5.29. The van der Waals surface area contributed by atoms with E-state index in [1.165, 1.54) is 35.8 Å². The second-order valence-electron chi connectivity index (χ2n) is 5.82. The van der Waals surface area contributed by atoms with Gasteiger partial charge >= 0.3 is 0 Å². The Labute approximate surface area is 156 Å². The Morgan fingerprint density at radius 2 is 2.04 bits per heavy atom. The fourth-order valence-electron chi connectivity index (χ4n) is 2.43. The van der Waals surface area contributed by atoms with E-state index in [4.69, 9.17) is 10.9 Å². The van der Waals surface area contributed by atoms with Crippen molar-refractivity contribution in [2.75, 3.05) is 6.54 Å². The van der Waals surface area contributed by atoms with E-state index in [-0.39, 0.29) is 11.3 Å². The van der Waals surface area contributed by atoms with Crippen molar-refractivity contribution < 1.29 is 22.8 Å². The van der Waals surface area contributed by atoms with Crippen molar-refractivity contribution in [3.05, 3.63) is 48.4 Å². The molecule has 1 aromatic heterocycles. The average Bonchev–Trinajstić information content (AvgIpc) is 2.66. The molecular weight excluding hydrogens is 375 g/mol. The number of hydroxylamine groups is 1. The number of pyridine rings is 1. The second-order valence-corrected chi connectivity index (χ2v) is 7.54. The van der Waals surface area contributed by atoms with Gasteiger partial charge in [0.25, 0.3) is 5.91 Å². The number of nitrogens with zero attached hydrogens (tertiary/aromatic N) is 1. The molecule has 0 aliphatic carbocycles. The van der Waals surface area contributed by atoms with Crippen molar-refractivity contribution in [3.8, 4) is 11.3 Å². The minimum absolute atomic E-state index is 0.155. The van der Waals surface area contributed by atoms with Crippen LogP contribution in [0, 0.1) is 5.82 Å². The van der Waals surface area contributed by atoms with Gasteiger partial charge in [-0.25, -0.2) is 18.3 Å². The number of hydrogen-bond acceptors (Lipinski definition) is 6. The molecule has 8 nitrogen and oxygen atoms in total. The highest BCUT2D eigenvalue weighted by Gasteiger charge is 2.25. The van der Waals surface area contributed by atoms with E-state index in [1.807, 2.05) is 0 Å². The minimum Gasteiger partial charge on any atom is -0.330 e. The number of rotatable bonds is 9. The Balaban J connectivity index is 2.18. The summed E-state index contributed by atoms with van der Waals surface area (Å²) in [5.41, 5.74) is 7.76. The summed E-state index contributed by atoms with van der Waals surface area (Å²) in [6, 6.07) is 7.36. The van der Waals surface area contributed by atoms with Crippen molar-refractivity contribution in [2.24, 2.45) is 5.73 Å². The van der Waals surface area contributed by atoms with E-state index in [1.54, 1.807) is 6.07 Å². The number of benzene rings is 1. The van der Waals surface area contributed by atoms with Gasteiger partial charge in [0, 0.05) is 11.8 Å². The van der Waals surface area contributed by atoms with Crippen molar-refractivity contribution >= 4 is 15.9 Å². The number of nitrogens with two attached hydrogens (primary N) is 1. The number of unbranched alkanes of at least 4 members (excludes halogenated alkanes) is 1. The van der Waals surface area contributed by atoms with Gasteiger partial charge in [-0.2, -0.15) is 4.72 Å². The molecular formula is C17H21FN4O4S. The molecule has 1 heterocycles. The quantitative estimate of drug-likeness (QED) is 0.286. The number of carbonyl (C=O) groups excluding carboxylic acids is 1. The molecule has 0 aliphatic rings. The van der Waals surface area contributed by atoms with Crippen LogP contribution in [0.2, 0.25) is 0 Å². The molecule has 1 aromatic carbocycles. The van der Waals surface area contributed by atoms with Crippen LogP contribution < -0.4 is 15.9 Å². The maximum atomic E-state index is 13.3. The van der Waals surface area contributed by atoms with Gasteiger partial charge in [0.05, 0.1) is 5.69 Å². The number of carbonyl (C=O) groups is 1. The van der Waals surface area contributed by atoms with E-state index in [9.17, 15) is 17.6 Å². The Bertz CT molecular complexity index is 875. The smallest absolute Gasteiger partial charge is 0.261 e. The highest BCUT2D eigenvalue weighted by atomic mass is 32.2. The van der Waals surface area contributed by atoms with Crippen molar-refractivity contribution in [1.29, 1.82) is 0 Å². The van der Waals surface area contributed by atoms with E-state index < -0.39 is 27.8 Å². The maximum absolute atomic E-state index is 13.3. The number of amides is 1. The maximum Gasteiger partial charge on any atom is 0.261 e. The largest absolute Gasteiger partial charge is 0.330 e. The van der Waals surface area contributed by atoms with Crippen LogP contribution in [0.4, 0.5) is 4.39 Å². The average molecular weight is 396 g/mol. The predicted molar refractivity (Wildman–Crippen MR) is 96.6 cm³/mol. The molecule has 0 spiro atoms. The lowest BCUT2D eigenvalue weighted by molar-refractivity contribution is -0.131. The number of aromatic nitrogens is 1.